The van der Waals surface area contributed by atoms with E-state index >= 15 is 0 Å². The first-order valence-electron chi connectivity index (χ1n) is 13.5. The summed E-state index contributed by atoms with van der Waals surface area (Å²) in [5.41, 5.74) is 3.50. The van der Waals surface area contributed by atoms with E-state index in [2.05, 4.69) is 39.4 Å². The molecule has 3 heterocycles. The van der Waals surface area contributed by atoms with E-state index in [0.717, 1.165) is 46.9 Å². The molecule has 0 atom stereocenters. The maximum atomic E-state index is 12.9. The van der Waals surface area contributed by atoms with Crippen molar-refractivity contribution in [2.75, 3.05) is 23.8 Å². The Balaban J connectivity index is 1.19. The Morgan fingerprint density at radius 1 is 0.643 bits per heavy atom. The summed E-state index contributed by atoms with van der Waals surface area (Å²) in [5, 5.41) is 10.1. The number of hydrogen-bond donors (Lipinski definition) is 2. The molecule has 11 heteroatoms. The predicted molar refractivity (Wildman–Crippen MR) is 167 cm³/mol. The highest BCUT2D eigenvalue weighted by atomic mass is 32.1. The molecule has 5 rings (SSSR count). The minimum absolute atomic E-state index is 0.0991. The molecule has 9 nitrogen and oxygen atoms in total. The Labute approximate surface area is 251 Å². The van der Waals surface area contributed by atoms with E-state index in [0.29, 0.717) is 23.5 Å². The van der Waals surface area contributed by atoms with Gasteiger partial charge in [-0.25, -0.2) is 15.0 Å². The Morgan fingerprint density at radius 2 is 1.07 bits per heavy atom. The van der Waals surface area contributed by atoms with Gasteiger partial charge in [-0.05, 0) is 73.5 Å². The third kappa shape index (κ3) is 7.36. The highest BCUT2D eigenvalue weighted by Crippen LogP contribution is 2.28. The summed E-state index contributed by atoms with van der Waals surface area (Å²) in [4.78, 5) is 39.1. The zero-order valence-electron chi connectivity index (χ0n) is 23.1. The molecule has 0 radical (unpaired) electrons. The molecular formula is C31H29N5O4S2. The van der Waals surface area contributed by atoms with Gasteiger partial charge in [0.15, 0.2) is 10.3 Å². The summed E-state index contributed by atoms with van der Waals surface area (Å²) in [6.07, 6.45) is 1.88. The highest BCUT2D eigenvalue weighted by molar-refractivity contribution is 7.14. The number of carbonyl (C=O) groups excluding carboxylic acids is 2. The molecular weight excluding hydrogens is 571 g/mol. The number of carbonyl (C=O) groups is 2. The number of aromatic nitrogens is 3. The van der Waals surface area contributed by atoms with Crippen LogP contribution in [0, 0.1) is 0 Å². The summed E-state index contributed by atoms with van der Waals surface area (Å²) in [6.45, 7) is 5.45. The van der Waals surface area contributed by atoms with E-state index in [9.17, 15) is 9.59 Å². The number of amides is 2. The van der Waals surface area contributed by atoms with Gasteiger partial charge >= 0.3 is 0 Å². The first kappa shape index (κ1) is 28.9. The van der Waals surface area contributed by atoms with E-state index < -0.39 is 11.8 Å². The van der Waals surface area contributed by atoms with Crippen molar-refractivity contribution in [3.8, 4) is 34.0 Å². The largest absolute Gasteiger partial charge is 0.494 e. The van der Waals surface area contributed by atoms with Gasteiger partial charge in [0.05, 0.1) is 24.6 Å². The van der Waals surface area contributed by atoms with Gasteiger partial charge in [0, 0.05) is 21.9 Å². The van der Waals surface area contributed by atoms with Crippen LogP contribution in [0.15, 0.2) is 77.5 Å². The van der Waals surface area contributed by atoms with Gasteiger partial charge < -0.3 is 9.47 Å². The first-order chi connectivity index (χ1) is 20.5. The zero-order valence-corrected chi connectivity index (χ0v) is 24.8. The maximum Gasteiger partial charge on any atom is 0.276 e. The molecule has 42 heavy (non-hydrogen) atoms. The maximum absolute atomic E-state index is 12.9. The molecule has 0 aliphatic heterocycles. The van der Waals surface area contributed by atoms with Crippen LogP contribution in [-0.4, -0.2) is 40.0 Å². The van der Waals surface area contributed by atoms with Crippen molar-refractivity contribution in [3.05, 3.63) is 88.9 Å². The Hall–Kier alpha value is -4.61. The van der Waals surface area contributed by atoms with Crippen molar-refractivity contribution in [3.63, 3.8) is 0 Å². The van der Waals surface area contributed by atoms with Crippen molar-refractivity contribution in [1.82, 2.24) is 15.0 Å². The molecule has 2 N–H and O–H groups in total. The van der Waals surface area contributed by atoms with Gasteiger partial charge in [-0.2, -0.15) is 0 Å². The Kier molecular flexibility index (Phi) is 9.52. The van der Waals surface area contributed by atoms with Gasteiger partial charge in [0.1, 0.15) is 22.9 Å². The van der Waals surface area contributed by atoms with Crippen molar-refractivity contribution < 1.29 is 19.1 Å². The van der Waals surface area contributed by atoms with Crippen molar-refractivity contribution in [2.45, 2.75) is 26.7 Å². The van der Waals surface area contributed by atoms with Gasteiger partial charge in [-0.1, -0.05) is 19.9 Å². The number of hydrogen-bond acceptors (Lipinski definition) is 9. The van der Waals surface area contributed by atoms with Crippen LogP contribution in [0.4, 0.5) is 10.3 Å². The molecule has 214 valence electrons. The normalized spacial score (nSPS) is 10.7. The molecule has 0 unspecified atom stereocenters. The zero-order chi connectivity index (χ0) is 29.3. The number of thiazole rings is 2. The fourth-order valence-corrected chi connectivity index (χ4v) is 5.25. The average Bonchev–Trinajstić information content (AvgIpc) is 3.69. The molecule has 0 aliphatic rings. The predicted octanol–water partition coefficient (Wildman–Crippen LogP) is 7.41. The SMILES string of the molecule is CCCOc1ccc(-c2csc(NC(=O)c3cccc(C(=O)Nc4nc(-c5ccc(OCCC)cc5)cs4)n3)n2)cc1. The molecule has 5 aromatic rings. The Bertz CT molecular complexity index is 1530. The van der Waals surface area contributed by atoms with Crippen LogP contribution in [0.5, 0.6) is 11.5 Å². The fraction of sp³-hybridized carbons (Fsp3) is 0.194. The summed E-state index contributed by atoms with van der Waals surface area (Å²) in [5.74, 6) is 0.684. The van der Waals surface area contributed by atoms with Crippen LogP contribution in [0.3, 0.4) is 0 Å². The lowest BCUT2D eigenvalue weighted by molar-refractivity contribution is 0.101. The molecule has 0 saturated carbocycles. The van der Waals surface area contributed by atoms with Gasteiger partial charge in [0.25, 0.3) is 11.8 Å². The topological polar surface area (TPSA) is 115 Å². The van der Waals surface area contributed by atoms with Crippen LogP contribution in [0.1, 0.15) is 47.7 Å². The van der Waals surface area contributed by atoms with Crippen LogP contribution in [0.2, 0.25) is 0 Å². The Morgan fingerprint density at radius 3 is 1.48 bits per heavy atom. The smallest absolute Gasteiger partial charge is 0.276 e. The summed E-state index contributed by atoms with van der Waals surface area (Å²) >= 11 is 2.61. The van der Waals surface area contributed by atoms with Crippen LogP contribution in [-0.2, 0) is 0 Å². The second kappa shape index (κ2) is 13.8. The van der Waals surface area contributed by atoms with E-state index in [1.165, 1.54) is 22.7 Å². The minimum atomic E-state index is -0.461. The van der Waals surface area contributed by atoms with E-state index in [1.807, 2.05) is 59.3 Å². The van der Waals surface area contributed by atoms with Gasteiger partial charge in [-0.15, -0.1) is 22.7 Å². The molecule has 0 fully saturated rings. The third-order valence-corrected chi connectivity index (χ3v) is 7.42. The van der Waals surface area contributed by atoms with Crippen LogP contribution in [0.25, 0.3) is 22.5 Å². The molecule has 3 aromatic heterocycles. The number of pyridine rings is 1. The van der Waals surface area contributed by atoms with E-state index in [1.54, 1.807) is 18.2 Å². The fourth-order valence-electron chi connectivity index (χ4n) is 3.82. The number of ether oxygens (including phenoxy) is 2. The van der Waals surface area contributed by atoms with Crippen molar-refractivity contribution >= 4 is 44.8 Å². The second-order valence-electron chi connectivity index (χ2n) is 9.14. The van der Waals surface area contributed by atoms with E-state index in [-0.39, 0.29) is 11.4 Å². The molecule has 2 amide bonds. The molecule has 0 spiro atoms. The number of benzene rings is 2. The lowest BCUT2D eigenvalue weighted by Crippen LogP contribution is -2.18. The van der Waals surface area contributed by atoms with Crippen LogP contribution >= 0.6 is 22.7 Å². The number of nitrogens with one attached hydrogen (secondary N) is 2. The quantitative estimate of drug-likeness (QED) is 0.153. The lowest BCUT2D eigenvalue weighted by atomic mass is 10.2. The van der Waals surface area contributed by atoms with Crippen molar-refractivity contribution in [1.29, 1.82) is 0 Å². The molecule has 0 saturated heterocycles. The van der Waals surface area contributed by atoms with Crippen molar-refractivity contribution in [2.24, 2.45) is 0 Å². The number of anilines is 2. The first-order valence-corrected chi connectivity index (χ1v) is 15.3. The molecule has 2 aromatic carbocycles. The molecule has 0 aliphatic carbocycles. The molecule has 0 bridgehead atoms. The lowest BCUT2D eigenvalue weighted by Gasteiger charge is -2.05. The van der Waals surface area contributed by atoms with Crippen LogP contribution < -0.4 is 20.1 Å². The number of nitrogens with zero attached hydrogens (tertiary/aromatic N) is 3. The number of rotatable bonds is 12. The monoisotopic (exact) mass is 599 g/mol. The van der Waals surface area contributed by atoms with Gasteiger partial charge in [0.2, 0.25) is 0 Å². The summed E-state index contributed by atoms with van der Waals surface area (Å²) < 4.78 is 11.3. The minimum Gasteiger partial charge on any atom is -0.494 e. The second-order valence-corrected chi connectivity index (χ2v) is 10.9. The standard InChI is InChI=1S/C31H29N5O4S2/c1-3-16-39-22-12-8-20(9-13-22)26-18-41-30(33-26)35-28(37)24-6-5-7-25(32-24)29(38)36-31-34-27(19-42-31)21-10-14-23(15-11-21)40-17-4-2/h5-15,18-19H,3-4,16-17H2,1-2H3,(H,33,35,37)(H,34,36,38). The summed E-state index contributed by atoms with van der Waals surface area (Å²) in [7, 11) is 0. The third-order valence-electron chi connectivity index (χ3n) is 5.91. The average molecular weight is 600 g/mol. The summed E-state index contributed by atoms with van der Waals surface area (Å²) in [6, 6.07) is 20.0. The van der Waals surface area contributed by atoms with E-state index in [4.69, 9.17) is 9.47 Å². The van der Waals surface area contributed by atoms with Gasteiger partial charge in [-0.3, -0.25) is 20.2 Å². The highest BCUT2D eigenvalue weighted by Gasteiger charge is 2.16.